The van der Waals surface area contributed by atoms with Crippen LogP contribution in [0.25, 0.3) is 38.8 Å². The van der Waals surface area contributed by atoms with Gasteiger partial charge in [-0.05, 0) is 61.5 Å². The summed E-state index contributed by atoms with van der Waals surface area (Å²) in [6.45, 7) is 2.74. The summed E-state index contributed by atoms with van der Waals surface area (Å²) < 4.78 is 59.1. The molecule has 3 aromatic carbocycles. The first kappa shape index (κ1) is 20.8. The van der Waals surface area contributed by atoms with E-state index in [4.69, 9.17) is 0 Å². The topological polar surface area (TPSA) is 65.1 Å². The number of alkyl halides is 3. The Kier molecular flexibility index (Phi) is 4.73. The number of aromatic nitrogens is 4. The summed E-state index contributed by atoms with van der Waals surface area (Å²) in [5.74, 6) is -1.94. The number of phenols is 1. The molecule has 0 spiro atoms. The number of phenolic OH excluding ortho intramolecular Hbond substituents is 1. The van der Waals surface area contributed by atoms with E-state index in [0.29, 0.717) is 11.4 Å². The zero-order valence-corrected chi connectivity index (χ0v) is 17.1. The Hall–Kier alpha value is -4.08. The Morgan fingerprint density at radius 2 is 1.70 bits per heavy atom. The van der Waals surface area contributed by atoms with Crippen LogP contribution in [0.1, 0.15) is 6.92 Å². The summed E-state index contributed by atoms with van der Waals surface area (Å²) in [6, 6.07) is 13.9. The second-order valence-corrected chi connectivity index (χ2v) is 7.37. The molecule has 168 valence electrons. The quantitative estimate of drug-likeness (QED) is 0.347. The average molecular weight is 456 g/mol. The molecule has 2 aromatic heterocycles. The first-order chi connectivity index (χ1) is 15.7. The lowest BCUT2D eigenvalue weighted by atomic mass is 10.1. The summed E-state index contributed by atoms with van der Waals surface area (Å²) in [5, 5.41) is 19.7. The molecule has 0 unspecified atom stereocenters. The van der Waals surface area contributed by atoms with Crippen LogP contribution in [-0.2, 0) is 6.54 Å². The number of benzene rings is 3. The van der Waals surface area contributed by atoms with Crippen molar-refractivity contribution < 1.29 is 27.4 Å². The van der Waals surface area contributed by atoms with Crippen molar-refractivity contribution in [3.8, 4) is 28.4 Å². The number of nitrogens with zero attached hydrogens (tertiary/aromatic N) is 4. The van der Waals surface area contributed by atoms with Crippen molar-refractivity contribution in [3.05, 3.63) is 66.6 Å². The molecule has 33 heavy (non-hydrogen) atoms. The maximum Gasteiger partial charge on any atom is 0.573 e. The van der Waals surface area contributed by atoms with Gasteiger partial charge in [-0.3, -0.25) is 0 Å². The first-order valence-electron chi connectivity index (χ1n) is 9.97. The van der Waals surface area contributed by atoms with Gasteiger partial charge in [0.2, 0.25) is 0 Å². The van der Waals surface area contributed by atoms with Gasteiger partial charge in [-0.1, -0.05) is 5.21 Å². The van der Waals surface area contributed by atoms with Gasteiger partial charge in [0.1, 0.15) is 5.75 Å². The van der Waals surface area contributed by atoms with Crippen molar-refractivity contribution >= 4 is 21.8 Å². The molecule has 1 N–H and O–H groups in total. The molecular formula is C23H16F4N4O2. The highest BCUT2D eigenvalue weighted by Crippen LogP contribution is 2.35. The highest BCUT2D eigenvalue weighted by Gasteiger charge is 2.32. The zero-order valence-electron chi connectivity index (χ0n) is 17.1. The minimum atomic E-state index is -5.03. The van der Waals surface area contributed by atoms with Gasteiger partial charge in [-0.15, -0.1) is 18.3 Å². The number of hydrogen-bond acceptors (Lipinski definition) is 4. The fourth-order valence-corrected chi connectivity index (χ4v) is 4.04. The lowest BCUT2D eigenvalue weighted by Crippen LogP contribution is -2.18. The van der Waals surface area contributed by atoms with E-state index in [1.165, 1.54) is 16.9 Å². The van der Waals surface area contributed by atoms with Crippen molar-refractivity contribution in [1.82, 2.24) is 19.6 Å². The third-order valence-corrected chi connectivity index (χ3v) is 5.39. The van der Waals surface area contributed by atoms with E-state index in [1.54, 1.807) is 12.1 Å². The molecule has 5 rings (SSSR count). The van der Waals surface area contributed by atoms with Crippen LogP contribution in [0, 0.1) is 5.82 Å². The van der Waals surface area contributed by atoms with Gasteiger partial charge < -0.3 is 14.4 Å². The molecule has 0 bridgehead atoms. The number of aryl methyl sites for hydroxylation is 1. The fourth-order valence-electron chi connectivity index (χ4n) is 4.04. The summed E-state index contributed by atoms with van der Waals surface area (Å²) in [4.78, 5) is 0. The van der Waals surface area contributed by atoms with Crippen LogP contribution < -0.4 is 4.74 Å². The van der Waals surface area contributed by atoms with Crippen LogP contribution in [0.15, 0.2) is 60.8 Å². The van der Waals surface area contributed by atoms with E-state index in [9.17, 15) is 22.7 Å². The number of ether oxygens (including phenoxy) is 1. The summed E-state index contributed by atoms with van der Waals surface area (Å²) >= 11 is 0. The standard InChI is InChI=1S/C23H16F4N4O2/c1-2-30-19-7-4-14(10-16(19)17-11-15(32)5-8-20(17)30)31-21(12-28-29-31)13-3-6-18(24)22(9-13)33-23(25,26)27/h3-12,32H,2H2,1H3. The molecule has 0 fully saturated rings. The first-order valence-corrected chi connectivity index (χ1v) is 9.97. The van der Waals surface area contributed by atoms with Gasteiger partial charge in [0, 0.05) is 33.9 Å². The number of fused-ring (bicyclic) bond motifs is 3. The van der Waals surface area contributed by atoms with Crippen molar-refractivity contribution in [1.29, 1.82) is 0 Å². The zero-order chi connectivity index (χ0) is 23.3. The van der Waals surface area contributed by atoms with Gasteiger partial charge in [0.15, 0.2) is 11.6 Å². The van der Waals surface area contributed by atoms with E-state index in [0.717, 1.165) is 40.5 Å². The van der Waals surface area contributed by atoms with E-state index in [1.807, 2.05) is 31.2 Å². The molecule has 10 heteroatoms. The fraction of sp³-hybridized carbons (Fsp3) is 0.130. The Morgan fingerprint density at radius 1 is 0.970 bits per heavy atom. The normalized spacial score (nSPS) is 12.0. The van der Waals surface area contributed by atoms with Crippen LogP contribution in [0.3, 0.4) is 0 Å². The van der Waals surface area contributed by atoms with Crippen LogP contribution in [0.5, 0.6) is 11.5 Å². The van der Waals surface area contributed by atoms with Crippen molar-refractivity contribution in [2.45, 2.75) is 19.8 Å². The highest BCUT2D eigenvalue weighted by molar-refractivity contribution is 6.09. The minimum Gasteiger partial charge on any atom is -0.508 e. The molecule has 0 amide bonds. The SMILES string of the molecule is CCn1c2ccc(O)cc2c2cc(-n3nncc3-c3ccc(F)c(OC(F)(F)F)c3)ccc21. The number of hydrogen-bond donors (Lipinski definition) is 1. The second-order valence-electron chi connectivity index (χ2n) is 7.37. The number of aromatic hydroxyl groups is 1. The molecule has 0 saturated carbocycles. The largest absolute Gasteiger partial charge is 0.573 e. The molecule has 0 radical (unpaired) electrons. The minimum absolute atomic E-state index is 0.132. The second kappa shape index (κ2) is 7.51. The Morgan fingerprint density at radius 3 is 2.42 bits per heavy atom. The van der Waals surface area contributed by atoms with E-state index in [2.05, 4.69) is 19.6 Å². The third kappa shape index (κ3) is 3.63. The van der Waals surface area contributed by atoms with Crippen molar-refractivity contribution in [3.63, 3.8) is 0 Å². The van der Waals surface area contributed by atoms with Crippen LogP contribution in [0.2, 0.25) is 0 Å². The molecule has 0 aliphatic heterocycles. The van der Waals surface area contributed by atoms with Crippen LogP contribution in [-0.4, -0.2) is 31.0 Å². The monoisotopic (exact) mass is 456 g/mol. The number of halogens is 4. The predicted octanol–water partition coefficient (Wildman–Crippen LogP) is 5.81. The van der Waals surface area contributed by atoms with Crippen molar-refractivity contribution in [2.24, 2.45) is 0 Å². The molecule has 6 nitrogen and oxygen atoms in total. The highest BCUT2D eigenvalue weighted by atomic mass is 19.4. The van der Waals surface area contributed by atoms with Crippen LogP contribution in [0.4, 0.5) is 17.6 Å². The third-order valence-electron chi connectivity index (χ3n) is 5.39. The summed E-state index contributed by atoms with van der Waals surface area (Å²) in [7, 11) is 0. The predicted molar refractivity (Wildman–Crippen MR) is 114 cm³/mol. The van der Waals surface area contributed by atoms with E-state index < -0.39 is 17.9 Å². The molecule has 2 heterocycles. The van der Waals surface area contributed by atoms with Crippen LogP contribution >= 0.6 is 0 Å². The average Bonchev–Trinajstić information content (AvgIpc) is 3.36. The Labute approximate surface area is 184 Å². The molecule has 5 aromatic rings. The Balaban J connectivity index is 1.65. The van der Waals surface area contributed by atoms with Gasteiger partial charge in [-0.25, -0.2) is 9.07 Å². The lowest BCUT2D eigenvalue weighted by molar-refractivity contribution is -0.275. The number of rotatable bonds is 4. The van der Waals surface area contributed by atoms with Crippen molar-refractivity contribution in [2.75, 3.05) is 0 Å². The van der Waals surface area contributed by atoms with Gasteiger partial charge in [-0.2, -0.15) is 0 Å². The lowest BCUT2D eigenvalue weighted by Gasteiger charge is -2.12. The molecule has 0 saturated heterocycles. The van der Waals surface area contributed by atoms with Gasteiger partial charge >= 0.3 is 6.36 Å². The molecule has 0 atom stereocenters. The van der Waals surface area contributed by atoms with E-state index >= 15 is 0 Å². The van der Waals surface area contributed by atoms with Gasteiger partial charge in [0.25, 0.3) is 0 Å². The Bertz CT molecular complexity index is 1500. The van der Waals surface area contributed by atoms with Gasteiger partial charge in [0.05, 0.1) is 17.6 Å². The summed E-state index contributed by atoms with van der Waals surface area (Å²) in [5.41, 5.74) is 3.09. The molecular weight excluding hydrogens is 440 g/mol. The summed E-state index contributed by atoms with van der Waals surface area (Å²) in [6.07, 6.45) is -3.65. The smallest absolute Gasteiger partial charge is 0.508 e. The van der Waals surface area contributed by atoms with E-state index in [-0.39, 0.29) is 11.3 Å². The maximum absolute atomic E-state index is 13.9. The molecule has 0 aliphatic carbocycles. The maximum atomic E-state index is 13.9. The molecule has 0 aliphatic rings.